The average molecular weight is 594 g/mol. The number of nitrogens with zero attached hydrogens (tertiary/aromatic N) is 1. The number of nitriles is 1. The second-order valence-electron chi connectivity index (χ2n) is 10.1. The number of carbonyl (C=O) groups is 2. The molecule has 1 unspecified atom stereocenters. The van der Waals surface area contributed by atoms with E-state index in [-0.39, 0.29) is 24.7 Å². The highest BCUT2D eigenvalue weighted by molar-refractivity contribution is 6.14. The summed E-state index contributed by atoms with van der Waals surface area (Å²) in [5.41, 5.74) is 1.77. The highest BCUT2D eigenvalue weighted by Crippen LogP contribution is 2.49. The van der Waals surface area contributed by atoms with E-state index in [1.54, 1.807) is 36.4 Å². The van der Waals surface area contributed by atoms with Gasteiger partial charge in [0.2, 0.25) is 13.1 Å². The summed E-state index contributed by atoms with van der Waals surface area (Å²) in [4.78, 5) is 25.3. The first-order chi connectivity index (χ1) is 20.7. The van der Waals surface area contributed by atoms with Crippen LogP contribution >= 0.6 is 0 Å². The van der Waals surface area contributed by atoms with E-state index in [0.717, 1.165) is 0 Å². The molecule has 0 amide bonds. The lowest BCUT2D eigenvalue weighted by molar-refractivity contribution is -0.272. The zero-order valence-corrected chi connectivity index (χ0v) is 23.3. The van der Waals surface area contributed by atoms with Crippen LogP contribution in [0.3, 0.4) is 0 Å². The monoisotopic (exact) mass is 593 g/mol. The average Bonchev–Trinajstić information content (AvgIpc) is 3.63. The quantitative estimate of drug-likeness (QED) is 0.383. The van der Waals surface area contributed by atoms with Gasteiger partial charge >= 0.3 is 11.9 Å². The summed E-state index contributed by atoms with van der Waals surface area (Å²) in [6.07, 6.45) is -7.47. The van der Waals surface area contributed by atoms with Gasteiger partial charge in [0.05, 0.1) is 32.0 Å². The Morgan fingerprint density at radius 3 is 2.44 bits per heavy atom. The summed E-state index contributed by atoms with van der Waals surface area (Å²) < 4.78 is 44.9. The number of hydrogen-bond acceptors (Lipinski definition) is 13. The lowest BCUT2D eigenvalue weighted by Gasteiger charge is -2.40. The van der Waals surface area contributed by atoms with E-state index < -0.39 is 49.1 Å². The molecule has 0 saturated carbocycles. The number of methoxy groups -OCH3 is 2. The standard InChI is InChI=1S/C30H27NO12/c1-13-25(33)28(42-22(32)6-7-31)26(34)30(41-13)43-27-16-10-20(37-3)19(36-2)9-15(16)23(24-17(27)11-38-29(24)35)14-4-5-18-21(8-14)40-12-39-18/h4-5,8-10,13,25-26,28,30,33-34H,6,11-12H2,1-3H3/t13-,25-,26-,28+,30?/m1/s1. The number of ether oxygens (including phenoxy) is 8. The molecule has 3 aliphatic rings. The maximum absolute atomic E-state index is 13.3. The minimum absolute atomic E-state index is 0.0706. The van der Waals surface area contributed by atoms with Crippen molar-refractivity contribution in [3.8, 4) is 45.9 Å². The second-order valence-corrected chi connectivity index (χ2v) is 10.1. The fourth-order valence-electron chi connectivity index (χ4n) is 5.50. The van der Waals surface area contributed by atoms with E-state index in [9.17, 15) is 19.8 Å². The SMILES string of the molecule is COc1cc2c(OC3O[C@H](C)[C@@H](O)[C@H](OC(=O)CC#N)[C@H]3O)c3c(c(-c4ccc5c(c4)OCO5)c2cc1OC)C(=O)OC3. The van der Waals surface area contributed by atoms with Crippen molar-refractivity contribution in [2.45, 2.75) is 50.7 Å². The highest BCUT2D eigenvalue weighted by Gasteiger charge is 2.47. The zero-order chi connectivity index (χ0) is 30.4. The lowest BCUT2D eigenvalue weighted by Crippen LogP contribution is -2.59. The number of cyclic esters (lactones) is 1. The Labute approximate surface area is 244 Å². The van der Waals surface area contributed by atoms with Crippen LogP contribution in [0.5, 0.6) is 28.7 Å². The van der Waals surface area contributed by atoms with Gasteiger partial charge in [-0.2, -0.15) is 5.26 Å². The molecule has 3 aromatic carbocycles. The molecule has 3 heterocycles. The molecule has 0 bridgehead atoms. The Balaban J connectivity index is 1.53. The molecular weight excluding hydrogens is 566 g/mol. The van der Waals surface area contributed by atoms with Crippen LogP contribution in [0.2, 0.25) is 0 Å². The van der Waals surface area contributed by atoms with Crippen molar-refractivity contribution in [1.29, 1.82) is 5.26 Å². The van der Waals surface area contributed by atoms with Crippen molar-refractivity contribution in [2.75, 3.05) is 21.0 Å². The maximum atomic E-state index is 13.3. The third-order valence-corrected chi connectivity index (χ3v) is 7.58. The van der Waals surface area contributed by atoms with Gasteiger partial charge < -0.3 is 48.1 Å². The molecule has 0 aliphatic carbocycles. The lowest BCUT2D eigenvalue weighted by atomic mass is 9.89. The summed E-state index contributed by atoms with van der Waals surface area (Å²) in [6, 6.07) is 10.3. The molecule has 1 fully saturated rings. The fraction of sp³-hybridized carbons (Fsp3) is 0.367. The number of esters is 2. The number of carbonyl (C=O) groups excluding carboxylic acids is 2. The van der Waals surface area contributed by atoms with Crippen molar-refractivity contribution in [2.24, 2.45) is 0 Å². The van der Waals surface area contributed by atoms with E-state index in [1.807, 2.05) is 0 Å². The van der Waals surface area contributed by atoms with Gasteiger partial charge in [0, 0.05) is 16.5 Å². The van der Waals surface area contributed by atoms with Gasteiger partial charge in [0.25, 0.3) is 0 Å². The van der Waals surface area contributed by atoms with E-state index >= 15 is 0 Å². The Hall–Kier alpha value is -4.77. The van der Waals surface area contributed by atoms with Gasteiger partial charge in [-0.25, -0.2) is 4.79 Å². The predicted molar refractivity (Wildman–Crippen MR) is 145 cm³/mol. The minimum atomic E-state index is -1.66. The topological polar surface area (TPSA) is 172 Å². The van der Waals surface area contributed by atoms with Crippen LogP contribution in [0.1, 0.15) is 29.3 Å². The number of aliphatic hydroxyl groups is 2. The van der Waals surface area contributed by atoms with E-state index in [0.29, 0.717) is 50.5 Å². The molecular formula is C30H27NO12. The Morgan fingerprint density at radius 2 is 1.72 bits per heavy atom. The fourth-order valence-corrected chi connectivity index (χ4v) is 5.50. The smallest absolute Gasteiger partial charge is 0.339 e. The van der Waals surface area contributed by atoms with Gasteiger partial charge in [-0.1, -0.05) is 6.07 Å². The molecule has 13 nitrogen and oxygen atoms in total. The van der Waals surface area contributed by atoms with E-state index in [1.165, 1.54) is 21.1 Å². The summed E-state index contributed by atoms with van der Waals surface area (Å²) in [5, 5.41) is 31.6. The van der Waals surface area contributed by atoms with Crippen LogP contribution in [0.25, 0.3) is 21.9 Å². The number of hydrogen-bond donors (Lipinski definition) is 2. The van der Waals surface area contributed by atoms with E-state index in [4.69, 9.17) is 43.2 Å². The molecule has 3 aliphatic heterocycles. The molecule has 0 radical (unpaired) electrons. The maximum Gasteiger partial charge on any atom is 0.339 e. The number of aliphatic hydroxyl groups excluding tert-OH is 2. The van der Waals surface area contributed by atoms with Crippen molar-refractivity contribution >= 4 is 22.7 Å². The van der Waals surface area contributed by atoms with Crippen molar-refractivity contribution in [1.82, 2.24) is 0 Å². The molecule has 2 N–H and O–H groups in total. The second kappa shape index (κ2) is 11.1. The molecule has 1 saturated heterocycles. The van der Waals surface area contributed by atoms with Crippen LogP contribution < -0.4 is 23.7 Å². The summed E-state index contributed by atoms with van der Waals surface area (Å²) in [5.74, 6) is 0.445. The summed E-state index contributed by atoms with van der Waals surface area (Å²) in [7, 11) is 2.95. The molecule has 224 valence electrons. The van der Waals surface area contributed by atoms with Crippen molar-refractivity contribution in [3.05, 3.63) is 41.5 Å². The van der Waals surface area contributed by atoms with Gasteiger partial charge in [0.1, 0.15) is 24.9 Å². The molecule has 5 atom stereocenters. The summed E-state index contributed by atoms with van der Waals surface area (Å²) in [6.45, 7) is 1.44. The molecule has 6 rings (SSSR count). The normalized spacial score (nSPS) is 23.7. The first-order valence-electron chi connectivity index (χ1n) is 13.3. The summed E-state index contributed by atoms with van der Waals surface area (Å²) >= 11 is 0. The predicted octanol–water partition coefficient (Wildman–Crippen LogP) is 2.59. The van der Waals surface area contributed by atoms with Gasteiger partial charge in [0.15, 0.2) is 35.2 Å². The molecule has 0 spiro atoms. The van der Waals surface area contributed by atoms with Crippen LogP contribution in [0, 0.1) is 11.3 Å². The Morgan fingerprint density at radius 1 is 1.00 bits per heavy atom. The largest absolute Gasteiger partial charge is 0.493 e. The van der Waals surface area contributed by atoms with Crippen molar-refractivity contribution in [3.63, 3.8) is 0 Å². The molecule has 43 heavy (non-hydrogen) atoms. The molecule has 3 aromatic rings. The van der Waals surface area contributed by atoms with Gasteiger partial charge in [-0.15, -0.1) is 0 Å². The van der Waals surface area contributed by atoms with Crippen LogP contribution in [-0.4, -0.2) is 73.9 Å². The third-order valence-electron chi connectivity index (χ3n) is 7.58. The first kappa shape index (κ1) is 28.4. The van der Waals surface area contributed by atoms with E-state index in [2.05, 4.69) is 0 Å². The Bertz CT molecular complexity index is 1660. The molecule has 13 heteroatoms. The number of rotatable bonds is 7. The van der Waals surface area contributed by atoms with Gasteiger partial charge in [-0.3, -0.25) is 4.79 Å². The van der Waals surface area contributed by atoms with Crippen LogP contribution in [-0.2, 0) is 25.6 Å². The number of benzene rings is 3. The number of fused-ring (bicyclic) bond motifs is 3. The molecule has 0 aromatic heterocycles. The van der Waals surface area contributed by atoms with Crippen molar-refractivity contribution < 1.29 is 57.7 Å². The highest BCUT2D eigenvalue weighted by atomic mass is 16.7. The third kappa shape index (κ3) is 4.79. The zero-order valence-electron chi connectivity index (χ0n) is 23.3. The Kier molecular flexibility index (Phi) is 7.35. The van der Waals surface area contributed by atoms with Crippen LogP contribution in [0.15, 0.2) is 30.3 Å². The minimum Gasteiger partial charge on any atom is -0.493 e. The van der Waals surface area contributed by atoms with Gasteiger partial charge in [-0.05, 0) is 42.1 Å². The first-order valence-corrected chi connectivity index (χ1v) is 13.3. The van der Waals surface area contributed by atoms with Crippen LogP contribution in [0.4, 0.5) is 0 Å².